The Bertz CT molecular complexity index is 1140. The first-order chi connectivity index (χ1) is 15.6. The predicted molar refractivity (Wildman–Crippen MR) is 134 cm³/mol. The minimum atomic E-state index is 0.00553. The summed E-state index contributed by atoms with van der Waals surface area (Å²) in [6.07, 6.45) is 6.44. The van der Waals surface area contributed by atoms with Crippen molar-refractivity contribution < 1.29 is 0 Å². The van der Waals surface area contributed by atoms with Crippen molar-refractivity contribution in [2.24, 2.45) is 5.73 Å². The third kappa shape index (κ3) is 5.40. The minimum absolute atomic E-state index is 0.00553. The van der Waals surface area contributed by atoms with Gasteiger partial charge >= 0.3 is 0 Å². The number of hydrogen-bond donors (Lipinski definition) is 2. The molecule has 4 nitrogen and oxygen atoms in total. The van der Waals surface area contributed by atoms with Crippen molar-refractivity contribution in [2.75, 3.05) is 11.9 Å². The summed E-state index contributed by atoms with van der Waals surface area (Å²) in [4.78, 5) is 8.90. The van der Waals surface area contributed by atoms with Crippen LogP contribution in [-0.2, 0) is 6.42 Å². The average molecular weight is 423 g/mol. The lowest BCUT2D eigenvalue weighted by atomic mass is 9.93. The number of anilines is 1. The number of nitrogens with two attached hydrogens (primary N) is 1. The van der Waals surface area contributed by atoms with Crippen LogP contribution < -0.4 is 11.1 Å². The zero-order valence-corrected chi connectivity index (χ0v) is 18.7. The first-order valence-corrected chi connectivity index (χ1v) is 11.1. The Kier molecular flexibility index (Phi) is 6.93. The molecule has 0 amide bonds. The number of nitrogens with one attached hydrogen (secondary N) is 1. The summed E-state index contributed by atoms with van der Waals surface area (Å²) in [5.41, 5.74) is 13.5. The van der Waals surface area contributed by atoms with Gasteiger partial charge in [-0.25, -0.2) is 4.98 Å². The Balaban J connectivity index is 1.60. The molecular formula is C28H30N4. The number of aromatic nitrogens is 2. The number of benzene rings is 2. The average Bonchev–Trinajstić information content (AvgIpc) is 2.84. The molecule has 2 heterocycles. The zero-order chi connectivity index (χ0) is 22.3. The third-order valence-electron chi connectivity index (χ3n) is 5.65. The molecule has 1 atom stereocenters. The number of hydrogen-bond acceptors (Lipinski definition) is 4. The Hall–Kier alpha value is -3.50. The van der Waals surface area contributed by atoms with Crippen LogP contribution in [0.25, 0.3) is 22.3 Å². The van der Waals surface area contributed by atoms with Crippen LogP contribution in [0.2, 0.25) is 0 Å². The molecule has 0 bridgehead atoms. The van der Waals surface area contributed by atoms with Gasteiger partial charge in [0.25, 0.3) is 0 Å². The SMILES string of the molecule is CC(C)c1cccc(-c2cnc(NC[C@@H](N)Cc3ccccc3)cc2-c2ccncc2)c1. The van der Waals surface area contributed by atoms with E-state index in [9.17, 15) is 0 Å². The highest BCUT2D eigenvalue weighted by Gasteiger charge is 2.12. The maximum atomic E-state index is 6.37. The molecule has 0 saturated carbocycles. The van der Waals surface area contributed by atoms with Crippen LogP contribution in [0, 0.1) is 0 Å². The normalized spacial score (nSPS) is 12.0. The fraction of sp³-hybridized carbons (Fsp3) is 0.214. The summed E-state index contributed by atoms with van der Waals surface area (Å²) in [7, 11) is 0. The first kappa shape index (κ1) is 21.7. The quantitative estimate of drug-likeness (QED) is 0.370. The minimum Gasteiger partial charge on any atom is -0.368 e. The van der Waals surface area contributed by atoms with Crippen LogP contribution in [0.4, 0.5) is 5.82 Å². The second-order valence-electron chi connectivity index (χ2n) is 8.46. The van der Waals surface area contributed by atoms with Gasteiger partial charge in [0.05, 0.1) is 0 Å². The fourth-order valence-electron chi connectivity index (χ4n) is 3.84. The van der Waals surface area contributed by atoms with E-state index in [1.54, 1.807) is 0 Å². The molecule has 0 aliphatic rings. The molecular weight excluding hydrogens is 392 g/mol. The summed E-state index contributed by atoms with van der Waals surface area (Å²) >= 11 is 0. The van der Waals surface area contributed by atoms with E-state index in [1.807, 2.05) is 48.9 Å². The molecule has 4 aromatic rings. The zero-order valence-electron chi connectivity index (χ0n) is 18.7. The van der Waals surface area contributed by atoms with E-state index < -0.39 is 0 Å². The number of rotatable bonds is 8. The molecule has 0 aliphatic carbocycles. The van der Waals surface area contributed by atoms with Crippen molar-refractivity contribution in [1.29, 1.82) is 0 Å². The van der Waals surface area contributed by atoms with Crippen molar-refractivity contribution >= 4 is 5.82 Å². The van der Waals surface area contributed by atoms with E-state index in [1.165, 1.54) is 16.7 Å². The number of nitrogens with zero attached hydrogens (tertiary/aromatic N) is 2. The summed E-state index contributed by atoms with van der Waals surface area (Å²) < 4.78 is 0. The molecule has 0 radical (unpaired) electrons. The summed E-state index contributed by atoms with van der Waals surface area (Å²) in [5, 5.41) is 3.43. The Morgan fingerprint density at radius 2 is 1.62 bits per heavy atom. The van der Waals surface area contributed by atoms with E-state index in [0.29, 0.717) is 12.5 Å². The highest BCUT2D eigenvalue weighted by atomic mass is 15.0. The topological polar surface area (TPSA) is 63.8 Å². The predicted octanol–water partition coefficient (Wildman–Crippen LogP) is 5.92. The van der Waals surface area contributed by atoms with Crippen molar-refractivity contribution in [3.63, 3.8) is 0 Å². The van der Waals surface area contributed by atoms with Crippen LogP contribution >= 0.6 is 0 Å². The summed E-state index contributed by atoms with van der Waals surface area (Å²) in [6.45, 7) is 5.08. The van der Waals surface area contributed by atoms with Crippen molar-refractivity contribution in [2.45, 2.75) is 32.2 Å². The van der Waals surface area contributed by atoms with Gasteiger partial charge in [0.15, 0.2) is 0 Å². The Labute approximate surface area is 190 Å². The second-order valence-corrected chi connectivity index (χ2v) is 8.46. The molecule has 0 saturated heterocycles. The standard InChI is InChI=1S/C28H30N4/c1-20(2)23-9-6-10-24(16-23)27-19-32-28(17-26(27)22-11-13-30-14-12-22)31-18-25(29)15-21-7-4-3-5-8-21/h3-14,16-17,19-20,25H,15,18,29H2,1-2H3,(H,31,32)/t25-/m0/s1. The highest BCUT2D eigenvalue weighted by Crippen LogP contribution is 2.34. The fourth-order valence-corrected chi connectivity index (χ4v) is 3.84. The van der Waals surface area contributed by atoms with Crippen molar-refractivity contribution in [1.82, 2.24) is 9.97 Å². The van der Waals surface area contributed by atoms with Gasteiger partial charge in [0.2, 0.25) is 0 Å². The molecule has 0 fully saturated rings. The van der Waals surface area contributed by atoms with Gasteiger partial charge in [-0.05, 0) is 58.4 Å². The maximum Gasteiger partial charge on any atom is 0.126 e. The van der Waals surface area contributed by atoms with E-state index >= 15 is 0 Å². The number of pyridine rings is 2. The van der Waals surface area contributed by atoms with Gasteiger partial charge in [-0.2, -0.15) is 0 Å². The smallest absolute Gasteiger partial charge is 0.126 e. The molecule has 2 aromatic carbocycles. The molecule has 162 valence electrons. The van der Waals surface area contributed by atoms with Crippen molar-refractivity contribution in [3.8, 4) is 22.3 Å². The van der Waals surface area contributed by atoms with E-state index in [0.717, 1.165) is 28.9 Å². The lowest BCUT2D eigenvalue weighted by molar-refractivity contribution is 0.698. The first-order valence-electron chi connectivity index (χ1n) is 11.1. The molecule has 2 aromatic heterocycles. The van der Waals surface area contributed by atoms with Crippen molar-refractivity contribution in [3.05, 3.63) is 103 Å². The summed E-state index contributed by atoms with van der Waals surface area (Å²) in [6, 6.07) is 25.2. The monoisotopic (exact) mass is 422 g/mol. The largest absolute Gasteiger partial charge is 0.368 e. The van der Waals surface area contributed by atoms with Gasteiger partial charge in [0, 0.05) is 36.7 Å². The third-order valence-corrected chi connectivity index (χ3v) is 5.65. The highest BCUT2D eigenvalue weighted by molar-refractivity contribution is 5.84. The van der Waals surface area contributed by atoms with Gasteiger partial charge in [-0.15, -0.1) is 0 Å². The van der Waals surface area contributed by atoms with Crippen LogP contribution in [0.15, 0.2) is 91.4 Å². The van der Waals surface area contributed by atoms with Crippen LogP contribution in [0.1, 0.15) is 30.9 Å². The van der Waals surface area contributed by atoms with Crippen LogP contribution in [0.3, 0.4) is 0 Å². The summed E-state index contributed by atoms with van der Waals surface area (Å²) in [5.74, 6) is 1.29. The van der Waals surface area contributed by atoms with Gasteiger partial charge in [0.1, 0.15) is 5.82 Å². The van der Waals surface area contributed by atoms with E-state index in [4.69, 9.17) is 10.7 Å². The molecule has 4 heteroatoms. The van der Waals surface area contributed by atoms with E-state index in [-0.39, 0.29) is 6.04 Å². The van der Waals surface area contributed by atoms with E-state index in [2.05, 4.69) is 66.6 Å². The van der Waals surface area contributed by atoms with Crippen LogP contribution in [-0.4, -0.2) is 22.6 Å². The lowest BCUT2D eigenvalue weighted by Crippen LogP contribution is -2.31. The molecule has 0 unspecified atom stereocenters. The molecule has 32 heavy (non-hydrogen) atoms. The molecule has 0 aliphatic heterocycles. The van der Waals surface area contributed by atoms with Gasteiger partial charge in [-0.3, -0.25) is 4.98 Å². The molecule has 3 N–H and O–H groups in total. The van der Waals surface area contributed by atoms with Gasteiger partial charge < -0.3 is 11.1 Å². The lowest BCUT2D eigenvalue weighted by Gasteiger charge is -2.16. The molecule has 0 spiro atoms. The molecule has 4 rings (SSSR count). The Morgan fingerprint density at radius 3 is 2.38 bits per heavy atom. The second kappa shape index (κ2) is 10.2. The van der Waals surface area contributed by atoms with Gasteiger partial charge in [-0.1, -0.05) is 68.4 Å². The maximum absolute atomic E-state index is 6.37. The Morgan fingerprint density at radius 1 is 0.844 bits per heavy atom. The van der Waals surface area contributed by atoms with Crippen LogP contribution in [0.5, 0.6) is 0 Å².